The molecular formula is C23H31N5O. The highest BCUT2D eigenvalue weighted by Crippen LogP contribution is 2.26. The van der Waals surface area contributed by atoms with Crippen molar-refractivity contribution in [1.82, 2.24) is 19.7 Å². The van der Waals surface area contributed by atoms with Gasteiger partial charge in [-0.05, 0) is 64.9 Å². The highest BCUT2D eigenvalue weighted by molar-refractivity contribution is 5.74. The van der Waals surface area contributed by atoms with Crippen molar-refractivity contribution in [3.8, 4) is 0 Å². The second kappa shape index (κ2) is 7.65. The molecule has 0 radical (unpaired) electrons. The third kappa shape index (κ3) is 4.21. The fraction of sp³-hybridized carbons (Fsp3) is 0.522. The topological polar surface area (TPSA) is 66.8 Å². The van der Waals surface area contributed by atoms with E-state index in [4.69, 9.17) is 4.98 Å². The number of rotatable bonds is 4. The predicted octanol–water partition coefficient (Wildman–Crippen LogP) is 4.03. The van der Waals surface area contributed by atoms with E-state index in [1.54, 1.807) is 6.20 Å². The van der Waals surface area contributed by atoms with Gasteiger partial charge in [-0.25, -0.2) is 4.68 Å². The lowest BCUT2D eigenvalue weighted by molar-refractivity contribution is 0.365. The number of hydrogen-bond donors (Lipinski definition) is 1. The van der Waals surface area contributed by atoms with Crippen molar-refractivity contribution in [2.24, 2.45) is 5.92 Å². The minimum absolute atomic E-state index is 0.109. The van der Waals surface area contributed by atoms with Crippen LogP contribution in [0.15, 0.2) is 35.3 Å². The molecule has 0 unspecified atom stereocenters. The maximum Gasteiger partial charge on any atom is 0.263 e. The van der Waals surface area contributed by atoms with E-state index in [1.165, 1.54) is 17.5 Å². The molecule has 0 amide bonds. The summed E-state index contributed by atoms with van der Waals surface area (Å²) in [6, 6.07) is 8.87. The quantitative estimate of drug-likeness (QED) is 0.727. The largest absolute Gasteiger partial charge is 0.342 e. The van der Waals surface area contributed by atoms with Gasteiger partial charge in [0, 0.05) is 13.1 Å². The molecule has 1 saturated heterocycles. The number of nitrogens with zero attached hydrogens (tertiary/aromatic N) is 4. The standard InChI is InChI=1S/C23H31N5O/c1-16-5-7-17(8-6-16)9-10-18-11-13-27(14-12-18)22-25-20-19(21(29)26-22)15-24-28(20)23(2,3)4/h5-8,15,18H,9-14H2,1-4H3,(H,25,26,29). The summed E-state index contributed by atoms with van der Waals surface area (Å²) >= 11 is 0. The second-order valence-electron chi connectivity index (χ2n) is 9.31. The van der Waals surface area contributed by atoms with E-state index < -0.39 is 0 Å². The highest BCUT2D eigenvalue weighted by Gasteiger charge is 2.24. The summed E-state index contributed by atoms with van der Waals surface area (Å²) in [6.07, 6.45) is 6.24. The molecule has 1 fully saturated rings. The number of aromatic amines is 1. The highest BCUT2D eigenvalue weighted by atomic mass is 16.1. The predicted molar refractivity (Wildman–Crippen MR) is 118 cm³/mol. The van der Waals surface area contributed by atoms with Gasteiger partial charge in [-0.1, -0.05) is 29.8 Å². The average Bonchev–Trinajstić information content (AvgIpc) is 3.13. The van der Waals surface area contributed by atoms with Crippen molar-refractivity contribution >= 4 is 17.0 Å². The number of piperidine rings is 1. The molecule has 6 nitrogen and oxygen atoms in total. The van der Waals surface area contributed by atoms with Crippen LogP contribution >= 0.6 is 0 Å². The smallest absolute Gasteiger partial charge is 0.263 e. The first-order valence-corrected chi connectivity index (χ1v) is 10.6. The van der Waals surface area contributed by atoms with E-state index in [0.717, 1.165) is 38.3 Å². The Balaban J connectivity index is 1.43. The van der Waals surface area contributed by atoms with E-state index in [2.05, 4.69) is 66.9 Å². The van der Waals surface area contributed by atoms with E-state index in [0.29, 0.717) is 17.0 Å². The molecule has 1 aliphatic rings. The third-order valence-corrected chi connectivity index (χ3v) is 5.94. The summed E-state index contributed by atoms with van der Waals surface area (Å²) in [7, 11) is 0. The van der Waals surface area contributed by atoms with Crippen LogP contribution in [0.2, 0.25) is 0 Å². The lowest BCUT2D eigenvalue weighted by atomic mass is 9.90. The molecular weight excluding hydrogens is 362 g/mol. The fourth-order valence-corrected chi connectivity index (χ4v) is 4.11. The van der Waals surface area contributed by atoms with E-state index in [1.807, 2.05) is 4.68 Å². The van der Waals surface area contributed by atoms with E-state index >= 15 is 0 Å². The molecule has 0 saturated carbocycles. The molecule has 0 aliphatic carbocycles. The monoisotopic (exact) mass is 393 g/mol. The fourth-order valence-electron chi connectivity index (χ4n) is 4.11. The Hall–Kier alpha value is -2.63. The van der Waals surface area contributed by atoms with Crippen LogP contribution in [-0.4, -0.2) is 32.8 Å². The Morgan fingerprint density at radius 2 is 1.83 bits per heavy atom. The molecule has 2 aromatic heterocycles. The minimum atomic E-state index is -0.219. The van der Waals surface area contributed by atoms with Crippen molar-refractivity contribution in [1.29, 1.82) is 0 Å². The summed E-state index contributed by atoms with van der Waals surface area (Å²) in [5.41, 5.74) is 3.07. The van der Waals surface area contributed by atoms with E-state index in [9.17, 15) is 4.79 Å². The summed E-state index contributed by atoms with van der Waals surface area (Å²) in [5.74, 6) is 1.40. The molecule has 0 spiro atoms. The minimum Gasteiger partial charge on any atom is -0.342 e. The van der Waals surface area contributed by atoms with Gasteiger partial charge in [0.2, 0.25) is 5.95 Å². The van der Waals surface area contributed by atoms with Gasteiger partial charge in [0.05, 0.1) is 11.7 Å². The molecule has 4 rings (SSSR count). The molecule has 154 valence electrons. The van der Waals surface area contributed by atoms with Gasteiger partial charge in [0.25, 0.3) is 5.56 Å². The summed E-state index contributed by atoms with van der Waals surface area (Å²) < 4.78 is 1.84. The zero-order chi connectivity index (χ0) is 20.6. The van der Waals surface area contributed by atoms with Crippen LogP contribution in [0.1, 0.15) is 51.2 Å². The van der Waals surface area contributed by atoms with Crippen molar-refractivity contribution in [2.75, 3.05) is 18.0 Å². The number of aromatic nitrogens is 4. The second-order valence-corrected chi connectivity index (χ2v) is 9.31. The van der Waals surface area contributed by atoms with Crippen molar-refractivity contribution < 1.29 is 0 Å². The molecule has 3 heterocycles. The molecule has 1 aromatic carbocycles. The Bertz CT molecular complexity index is 1030. The lowest BCUT2D eigenvalue weighted by Crippen LogP contribution is -2.36. The Morgan fingerprint density at radius 3 is 2.48 bits per heavy atom. The van der Waals surface area contributed by atoms with Crippen LogP contribution < -0.4 is 10.5 Å². The zero-order valence-electron chi connectivity index (χ0n) is 17.9. The van der Waals surface area contributed by atoms with Crippen LogP contribution in [0.4, 0.5) is 5.95 Å². The maximum absolute atomic E-state index is 12.6. The van der Waals surface area contributed by atoms with Crippen LogP contribution in [-0.2, 0) is 12.0 Å². The normalized spacial score (nSPS) is 15.9. The summed E-state index contributed by atoms with van der Waals surface area (Å²) in [5, 5.41) is 4.95. The van der Waals surface area contributed by atoms with Crippen molar-refractivity contribution in [3.05, 3.63) is 51.9 Å². The number of fused-ring (bicyclic) bond motifs is 1. The van der Waals surface area contributed by atoms with Crippen LogP contribution in [0.5, 0.6) is 0 Å². The Labute approximate surface area is 172 Å². The van der Waals surface area contributed by atoms with Crippen molar-refractivity contribution in [2.45, 2.75) is 58.9 Å². The van der Waals surface area contributed by atoms with Gasteiger partial charge in [0.15, 0.2) is 5.65 Å². The third-order valence-electron chi connectivity index (χ3n) is 5.94. The van der Waals surface area contributed by atoms with Crippen LogP contribution in [0, 0.1) is 12.8 Å². The molecule has 6 heteroatoms. The Kier molecular flexibility index (Phi) is 5.19. The van der Waals surface area contributed by atoms with Crippen molar-refractivity contribution in [3.63, 3.8) is 0 Å². The number of nitrogens with one attached hydrogen (secondary N) is 1. The van der Waals surface area contributed by atoms with Gasteiger partial charge < -0.3 is 4.90 Å². The number of anilines is 1. The molecule has 0 bridgehead atoms. The average molecular weight is 394 g/mol. The van der Waals surface area contributed by atoms with Crippen LogP contribution in [0.3, 0.4) is 0 Å². The molecule has 0 atom stereocenters. The number of aryl methyl sites for hydroxylation is 2. The SMILES string of the molecule is Cc1ccc(CCC2CCN(c3nc4c(cnn4C(C)(C)C)c(=O)[nH]3)CC2)cc1. The van der Waals surface area contributed by atoms with E-state index in [-0.39, 0.29) is 11.1 Å². The first-order valence-electron chi connectivity index (χ1n) is 10.6. The first-order chi connectivity index (χ1) is 13.8. The van der Waals surface area contributed by atoms with Crippen LogP contribution in [0.25, 0.3) is 11.0 Å². The van der Waals surface area contributed by atoms with Gasteiger partial charge in [-0.2, -0.15) is 10.1 Å². The van der Waals surface area contributed by atoms with Gasteiger partial charge in [-0.3, -0.25) is 9.78 Å². The number of hydrogen-bond acceptors (Lipinski definition) is 4. The molecule has 3 aromatic rings. The Morgan fingerprint density at radius 1 is 1.14 bits per heavy atom. The van der Waals surface area contributed by atoms with Gasteiger partial charge >= 0.3 is 0 Å². The summed E-state index contributed by atoms with van der Waals surface area (Å²) in [6.45, 7) is 10.2. The van der Waals surface area contributed by atoms with Gasteiger partial charge in [-0.15, -0.1) is 0 Å². The molecule has 1 N–H and O–H groups in total. The van der Waals surface area contributed by atoms with Gasteiger partial charge in [0.1, 0.15) is 5.39 Å². The lowest BCUT2D eigenvalue weighted by Gasteiger charge is -2.32. The number of benzene rings is 1. The zero-order valence-corrected chi connectivity index (χ0v) is 17.9. The molecule has 1 aliphatic heterocycles. The first kappa shape index (κ1) is 19.7. The summed E-state index contributed by atoms with van der Waals surface area (Å²) in [4.78, 5) is 22.5. The molecule has 29 heavy (non-hydrogen) atoms. The number of H-pyrrole nitrogens is 1. The maximum atomic E-state index is 12.6.